The van der Waals surface area contributed by atoms with Gasteiger partial charge in [0.1, 0.15) is 0 Å². The van der Waals surface area contributed by atoms with E-state index in [4.69, 9.17) is 5.73 Å². The van der Waals surface area contributed by atoms with Crippen LogP contribution < -0.4 is 11.1 Å². The lowest BCUT2D eigenvalue weighted by molar-refractivity contribution is -0.133. The highest BCUT2D eigenvalue weighted by molar-refractivity contribution is 5.81. The summed E-state index contributed by atoms with van der Waals surface area (Å²) in [6.07, 6.45) is 4.30. The fourth-order valence-corrected chi connectivity index (χ4v) is 3.41. The zero-order valence-electron chi connectivity index (χ0n) is 16.5. The molecule has 0 spiro atoms. The summed E-state index contributed by atoms with van der Waals surface area (Å²) in [7, 11) is 1.89. The van der Waals surface area contributed by atoms with Crippen molar-refractivity contribution in [2.45, 2.75) is 65.1 Å². The number of amides is 1. The molecule has 1 amide bonds. The number of hydrogen-bond donors (Lipinski definition) is 2. The van der Waals surface area contributed by atoms with Gasteiger partial charge in [-0.05, 0) is 41.5 Å². The summed E-state index contributed by atoms with van der Waals surface area (Å²) in [5.74, 6) is 0.652. The van der Waals surface area contributed by atoms with Crippen molar-refractivity contribution in [2.75, 3.05) is 6.54 Å². The first-order chi connectivity index (χ1) is 11.4. The van der Waals surface area contributed by atoms with Crippen LogP contribution >= 0.6 is 0 Å². The topological polar surface area (TPSA) is 88.5 Å². The summed E-state index contributed by atoms with van der Waals surface area (Å²) in [5.41, 5.74) is 6.65. The molecule has 1 saturated heterocycles. The third-order valence-electron chi connectivity index (χ3n) is 4.22. The molecular formula is C18H32N6O. The molecule has 0 bridgehead atoms. The Morgan fingerprint density at radius 1 is 1.36 bits per heavy atom. The monoisotopic (exact) mass is 348 g/mol. The molecular weight excluding hydrogens is 316 g/mol. The van der Waals surface area contributed by atoms with E-state index < -0.39 is 0 Å². The van der Waals surface area contributed by atoms with Gasteiger partial charge in [0, 0.05) is 48.8 Å². The lowest BCUT2D eigenvalue weighted by atomic mass is 9.93. The van der Waals surface area contributed by atoms with Gasteiger partial charge in [0.2, 0.25) is 5.91 Å². The lowest BCUT2D eigenvalue weighted by Gasteiger charge is -2.38. The van der Waals surface area contributed by atoms with Crippen LogP contribution in [0.15, 0.2) is 17.4 Å². The zero-order valence-corrected chi connectivity index (χ0v) is 16.5. The molecule has 0 unspecified atom stereocenters. The number of nitrogens with zero attached hydrogens (tertiary/aromatic N) is 4. The molecule has 0 radical (unpaired) electrons. The van der Waals surface area contributed by atoms with E-state index in [1.165, 1.54) is 0 Å². The third-order valence-corrected chi connectivity index (χ3v) is 4.22. The van der Waals surface area contributed by atoms with E-state index in [-0.39, 0.29) is 28.9 Å². The number of nitrogens with one attached hydrogen (secondary N) is 1. The molecule has 1 aromatic heterocycles. The van der Waals surface area contributed by atoms with Gasteiger partial charge in [-0.3, -0.25) is 14.5 Å². The predicted molar refractivity (Wildman–Crippen MR) is 100 cm³/mol. The molecule has 7 heteroatoms. The van der Waals surface area contributed by atoms with E-state index in [1.807, 2.05) is 45.1 Å². The molecule has 1 aromatic rings. The number of carbonyl (C=O) groups excluding carboxylic acids is 1. The smallest absolute Gasteiger partial charge is 0.223 e. The fraction of sp³-hybridized carbons (Fsp3) is 0.722. The van der Waals surface area contributed by atoms with Crippen molar-refractivity contribution in [3.63, 3.8) is 0 Å². The van der Waals surface area contributed by atoms with Gasteiger partial charge in [-0.1, -0.05) is 0 Å². The van der Waals surface area contributed by atoms with Crippen molar-refractivity contribution in [2.24, 2.45) is 23.7 Å². The van der Waals surface area contributed by atoms with E-state index >= 15 is 0 Å². The fourth-order valence-electron chi connectivity index (χ4n) is 3.41. The van der Waals surface area contributed by atoms with Gasteiger partial charge in [0.15, 0.2) is 5.96 Å². The first kappa shape index (κ1) is 19.3. The number of aryl methyl sites for hydroxylation is 1. The van der Waals surface area contributed by atoms with E-state index in [0.29, 0.717) is 18.9 Å². The van der Waals surface area contributed by atoms with Crippen molar-refractivity contribution >= 4 is 11.9 Å². The van der Waals surface area contributed by atoms with E-state index in [1.54, 1.807) is 4.68 Å². The molecule has 0 aromatic carbocycles. The number of rotatable bonds is 3. The Morgan fingerprint density at radius 2 is 2.00 bits per heavy atom. The van der Waals surface area contributed by atoms with Gasteiger partial charge in [0.05, 0.1) is 12.2 Å². The number of nitrogens with two attached hydrogens (primary N) is 1. The zero-order chi connectivity index (χ0) is 19.0. The van der Waals surface area contributed by atoms with Crippen molar-refractivity contribution in [1.29, 1.82) is 0 Å². The maximum atomic E-state index is 12.7. The van der Waals surface area contributed by atoms with Gasteiger partial charge in [-0.15, -0.1) is 0 Å². The predicted octanol–water partition coefficient (Wildman–Crippen LogP) is 1.81. The van der Waals surface area contributed by atoms with Gasteiger partial charge >= 0.3 is 0 Å². The van der Waals surface area contributed by atoms with Crippen molar-refractivity contribution < 1.29 is 4.79 Å². The van der Waals surface area contributed by atoms with Crippen LogP contribution in [0, 0.1) is 5.92 Å². The minimum absolute atomic E-state index is 0.0348. The second-order valence-electron chi connectivity index (χ2n) is 8.89. The number of hydrogen-bond acceptors (Lipinski definition) is 3. The van der Waals surface area contributed by atoms with Crippen LogP contribution in [0.5, 0.6) is 0 Å². The molecule has 3 N–H and O–H groups in total. The summed E-state index contributed by atoms with van der Waals surface area (Å²) in [6.45, 7) is 12.8. The quantitative estimate of drug-likeness (QED) is 0.644. The average molecular weight is 348 g/mol. The van der Waals surface area contributed by atoms with E-state index in [2.05, 4.69) is 36.2 Å². The van der Waals surface area contributed by atoms with Crippen LogP contribution in [0.3, 0.4) is 0 Å². The van der Waals surface area contributed by atoms with Gasteiger partial charge in [-0.2, -0.15) is 5.10 Å². The molecule has 1 aliphatic heterocycles. The number of aliphatic imine (C=N–C) groups is 1. The number of guanidine groups is 1. The summed E-state index contributed by atoms with van der Waals surface area (Å²) in [6, 6.07) is -0.0348. The maximum absolute atomic E-state index is 12.7. The summed E-state index contributed by atoms with van der Waals surface area (Å²) < 4.78 is 1.77. The Morgan fingerprint density at radius 3 is 2.48 bits per heavy atom. The Bertz CT molecular complexity index is 649. The van der Waals surface area contributed by atoms with Gasteiger partial charge in [-0.25, -0.2) is 0 Å². The second-order valence-corrected chi connectivity index (χ2v) is 8.89. The van der Waals surface area contributed by atoms with Crippen LogP contribution in [0.1, 0.15) is 59.6 Å². The maximum Gasteiger partial charge on any atom is 0.223 e. The average Bonchev–Trinajstić information content (AvgIpc) is 2.97. The van der Waals surface area contributed by atoms with Crippen molar-refractivity contribution in [3.05, 3.63) is 18.0 Å². The summed E-state index contributed by atoms with van der Waals surface area (Å²) in [4.78, 5) is 19.2. The molecule has 140 valence electrons. The largest absolute Gasteiger partial charge is 0.370 e. The molecule has 0 aliphatic carbocycles. The number of likely N-dealkylation sites (tertiary alicyclic amines) is 1. The van der Waals surface area contributed by atoms with Crippen LogP contribution in [-0.4, -0.2) is 44.2 Å². The first-order valence-electron chi connectivity index (χ1n) is 8.77. The molecule has 1 fully saturated rings. The first-order valence-corrected chi connectivity index (χ1v) is 8.77. The summed E-state index contributed by atoms with van der Waals surface area (Å²) >= 11 is 0. The molecule has 0 saturated carbocycles. The highest BCUT2D eigenvalue weighted by Crippen LogP contribution is 2.42. The Hall–Kier alpha value is -2.05. The van der Waals surface area contributed by atoms with Crippen molar-refractivity contribution in [3.8, 4) is 0 Å². The SMILES string of the molecule is Cn1cc([C@H]2[C@H](CN=C(N)NC(C)(C)C)CC(=O)N2C(C)(C)C)cn1. The standard InChI is InChI=1S/C18H32N6O/c1-17(2,3)22-16(19)20-9-12-8-14(25)24(18(4,5)6)15(12)13-10-21-23(7)11-13/h10-12,15H,8-9H2,1-7H3,(H3,19,20,22)/t12-,15+/m0/s1. The normalized spacial score (nSPS) is 22.6. The van der Waals surface area contributed by atoms with Crippen LogP contribution in [-0.2, 0) is 11.8 Å². The number of carbonyl (C=O) groups is 1. The van der Waals surface area contributed by atoms with E-state index in [0.717, 1.165) is 5.56 Å². The molecule has 1 aliphatic rings. The highest BCUT2D eigenvalue weighted by Gasteiger charge is 2.45. The van der Waals surface area contributed by atoms with Crippen LogP contribution in [0.4, 0.5) is 0 Å². The molecule has 25 heavy (non-hydrogen) atoms. The molecule has 2 atom stereocenters. The molecule has 2 heterocycles. The van der Waals surface area contributed by atoms with Crippen LogP contribution in [0.2, 0.25) is 0 Å². The second kappa shape index (κ2) is 6.69. The Balaban J connectivity index is 2.27. The Kier molecular flexibility index (Phi) is 5.16. The number of aromatic nitrogens is 2. The van der Waals surface area contributed by atoms with Gasteiger partial charge in [0.25, 0.3) is 0 Å². The summed E-state index contributed by atoms with van der Waals surface area (Å²) in [5, 5.41) is 7.45. The third kappa shape index (κ3) is 4.74. The van der Waals surface area contributed by atoms with E-state index in [9.17, 15) is 4.79 Å². The molecule has 2 rings (SSSR count). The highest BCUT2D eigenvalue weighted by atomic mass is 16.2. The lowest BCUT2D eigenvalue weighted by Crippen LogP contribution is -2.45. The Labute approximate surface area is 150 Å². The van der Waals surface area contributed by atoms with Gasteiger partial charge < -0.3 is 16.0 Å². The van der Waals surface area contributed by atoms with Crippen LogP contribution in [0.25, 0.3) is 0 Å². The minimum Gasteiger partial charge on any atom is -0.370 e. The molecule has 7 nitrogen and oxygen atoms in total. The minimum atomic E-state index is -0.259. The van der Waals surface area contributed by atoms with Crippen molar-refractivity contribution in [1.82, 2.24) is 20.0 Å².